The fourth-order valence-electron chi connectivity index (χ4n) is 4.57. The summed E-state index contributed by atoms with van der Waals surface area (Å²) in [7, 11) is 0. The molecule has 0 bridgehead atoms. The maximum Gasteiger partial charge on any atom is 0.247 e. The molecule has 3 aromatic rings. The van der Waals surface area contributed by atoms with Gasteiger partial charge < -0.3 is 9.47 Å². The zero-order valence-corrected chi connectivity index (χ0v) is 20.2. The van der Waals surface area contributed by atoms with Gasteiger partial charge in [0, 0.05) is 18.7 Å². The van der Waals surface area contributed by atoms with E-state index in [9.17, 15) is 9.59 Å². The normalized spacial score (nSPS) is 14.9. The van der Waals surface area contributed by atoms with Crippen LogP contribution in [0.1, 0.15) is 57.0 Å². The lowest BCUT2D eigenvalue weighted by molar-refractivity contribution is -0.137. The molecular formula is C28H33N3O2. The van der Waals surface area contributed by atoms with E-state index in [4.69, 9.17) is 0 Å². The van der Waals surface area contributed by atoms with Crippen molar-refractivity contribution >= 4 is 17.5 Å². The summed E-state index contributed by atoms with van der Waals surface area (Å²) >= 11 is 0. The van der Waals surface area contributed by atoms with Crippen LogP contribution < -0.4 is 4.90 Å². The molecule has 1 aliphatic heterocycles. The lowest BCUT2D eigenvalue weighted by Gasteiger charge is -2.40. The number of carbonyl (C=O) groups excluding carboxylic acids is 2. The highest BCUT2D eigenvalue weighted by Gasteiger charge is 2.37. The molecule has 172 valence electrons. The summed E-state index contributed by atoms with van der Waals surface area (Å²) in [5.74, 6) is 0.188. The highest BCUT2D eigenvalue weighted by Crippen LogP contribution is 2.42. The van der Waals surface area contributed by atoms with E-state index >= 15 is 0 Å². The number of aromatic nitrogens is 1. The predicted octanol–water partition coefficient (Wildman–Crippen LogP) is 5.50. The van der Waals surface area contributed by atoms with Crippen LogP contribution in [0.4, 0.5) is 5.69 Å². The van der Waals surface area contributed by atoms with E-state index < -0.39 is 0 Å². The first kappa shape index (κ1) is 22.8. The Balaban J connectivity index is 1.78. The van der Waals surface area contributed by atoms with Gasteiger partial charge in [0.05, 0.1) is 17.1 Å². The molecule has 0 aliphatic carbocycles. The van der Waals surface area contributed by atoms with Crippen LogP contribution in [0.5, 0.6) is 0 Å². The standard InChI is InChI=1S/C28H33N3O2/c1-19(2)17-26(32)30(20(3)4)18-27(33)31-24-10-7-6-9-23(24)29-16-8-11-25(29)28(31)22-14-12-21(5)13-15-22/h6-16,19-20,28H,17-18H2,1-5H3. The number of hydrogen-bond acceptors (Lipinski definition) is 2. The van der Waals surface area contributed by atoms with Gasteiger partial charge in [-0.3, -0.25) is 14.5 Å². The van der Waals surface area contributed by atoms with E-state index in [1.807, 2.05) is 69.1 Å². The van der Waals surface area contributed by atoms with E-state index in [0.29, 0.717) is 6.42 Å². The molecule has 5 nitrogen and oxygen atoms in total. The maximum atomic E-state index is 14.0. The number of anilines is 1. The van der Waals surface area contributed by atoms with Crippen molar-refractivity contribution in [2.24, 2.45) is 5.92 Å². The minimum Gasteiger partial charge on any atom is -0.331 e. The Kier molecular flexibility index (Phi) is 6.41. The molecule has 0 N–H and O–H groups in total. The molecule has 0 radical (unpaired) electrons. The Morgan fingerprint density at radius 2 is 1.58 bits per heavy atom. The van der Waals surface area contributed by atoms with Crippen LogP contribution in [0.25, 0.3) is 5.69 Å². The van der Waals surface area contributed by atoms with Gasteiger partial charge in [-0.15, -0.1) is 0 Å². The number of aryl methyl sites for hydroxylation is 1. The molecule has 0 spiro atoms. The second kappa shape index (κ2) is 9.26. The summed E-state index contributed by atoms with van der Waals surface area (Å²) in [6, 6.07) is 20.1. The van der Waals surface area contributed by atoms with Crippen molar-refractivity contribution in [2.45, 2.75) is 53.1 Å². The number of nitrogens with zero attached hydrogens (tertiary/aromatic N) is 3. The second-order valence-electron chi connectivity index (χ2n) is 9.58. The van der Waals surface area contributed by atoms with Gasteiger partial charge in [0.1, 0.15) is 12.6 Å². The third-order valence-corrected chi connectivity index (χ3v) is 6.21. The number of fused-ring (bicyclic) bond motifs is 3. The molecule has 2 aromatic carbocycles. The van der Waals surface area contributed by atoms with Crippen molar-refractivity contribution < 1.29 is 9.59 Å². The number of para-hydroxylation sites is 2. The van der Waals surface area contributed by atoms with Gasteiger partial charge in [0.25, 0.3) is 0 Å². The minimum absolute atomic E-state index is 0.0221. The number of rotatable bonds is 6. The summed E-state index contributed by atoms with van der Waals surface area (Å²) in [6.07, 6.45) is 2.48. The Morgan fingerprint density at radius 1 is 0.909 bits per heavy atom. The maximum absolute atomic E-state index is 14.0. The summed E-state index contributed by atoms with van der Waals surface area (Å²) < 4.78 is 2.16. The van der Waals surface area contributed by atoms with Crippen LogP contribution in [0.2, 0.25) is 0 Å². The number of hydrogen-bond donors (Lipinski definition) is 0. The van der Waals surface area contributed by atoms with Gasteiger partial charge in [-0.1, -0.05) is 55.8 Å². The fourth-order valence-corrected chi connectivity index (χ4v) is 4.57. The molecule has 2 heterocycles. The van der Waals surface area contributed by atoms with Gasteiger partial charge in [0.15, 0.2) is 0 Å². The van der Waals surface area contributed by atoms with Crippen LogP contribution in [-0.4, -0.2) is 33.9 Å². The first-order chi connectivity index (χ1) is 15.8. The molecule has 0 saturated carbocycles. The van der Waals surface area contributed by atoms with Crippen LogP contribution in [-0.2, 0) is 9.59 Å². The Bertz CT molecular complexity index is 1140. The van der Waals surface area contributed by atoms with Gasteiger partial charge in [-0.25, -0.2) is 0 Å². The topological polar surface area (TPSA) is 45.6 Å². The largest absolute Gasteiger partial charge is 0.331 e. The van der Waals surface area contributed by atoms with E-state index in [-0.39, 0.29) is 36.4 Å². The van der Waals surface area contributed by atoms with Gasteiger partial charge in [-0.2, -0.15) is 0 Å². The van der Waals surface area contributed by atoms with E-state index in [1.165, 1.54) is 5.56 Å². The molecule has 5 heteroatoms. The molecule has 2 amide bonds. The molecular weight excluding hydrogens is 410 g/mol. The lowest BCUT2D eigenvalue weighted by Crippen LogP contribution is -2.48. The zero-order valence-electron chi connectivity index (χ0n) is 20.2. The average molecular weight is 444 g/mol. The molecule has 1 unspecified atom stereocenters. The first-order valence-corrected chi connectivity index (χ1v) is 11.7. The molecule has 0 fully saturated rings. The van der Waals surface area contributed by atoms with E-state index in [2.05, 4.69) is 41.8 Å². The molecule has 1 aromatic heterocycles. The molecule has 1 atom stereocenters. The lowest BCUT2D eigenvalue weighted by atomic mass is 9.97. The van der Waals surface area contributed by atoms with Crippen LogP contribution in [0.15, 0.2) is 66.9 Å². The Hall–Kier alpha value is -3.34. The third-order valence-electron chi connectivity index (χ3n) is 6.21. The number of amides is 2. The summed E-state index contributed by atoms with van der Waals surface area (Å²) in [4.78, 5) is 30.5. The van der Waals surface area contributed by atoms with Crippen LogP contribution in [0, 0.1) is 12.8 Å². The van der Waals surface area contributed by atoms with Crippen LogP contribution in [0.3, 0.4) is 0 Å². The highest BCUT2D eigenvalue weighted by atomic mass is 16.2. The molecule has 1 aliphatic rings. The van der Waals surface area contributed by atoms with Crippen molar-refractivity contribution in [3.8, 4) is 5.69 Å². The smallest absolute Gasteiger partial charge is 0.247 e. The van der Waals surface area contributed by atoms with Gasteiger partial charge in [0.2, 0.25) is 11.8 Å². The van der Waals surface area contributed by atoms with Crippen molar-refractivity contribution in [3.05, 3.63) is 83.7 Å². The average Bonchev–Trinajstić information content (AvgIpc) is 3.26. The van der Waals surface area contributed by atoms with E-state index in [1.54, 1.807) is 4.90 Å². The summed E-state index contributed by atoms with van der Waals surface area (Å²) in [5.41, 5.74) is 5.09. The van der Waals surface area contributed by atoms with Crippen LogP contribution >= 0.6 is 0 Å². The second-order valence-corrected chi connectivity index (χ2v) is 9.58. The van der Waals surface area contributed by atoms with Gasteiger partial charge >= 0.3 is 0 Å². The van der Waals surface area contributed by atoms with Crippen molar-refractivity contribution in [3.63, 3.8) is 0 Å². The SMILES string of the molecule is Cc1ccc(C2c3cccn3-c3ccccc3N2C(=O)CN(C(=O)CC(C)C)C(C)C)cc1. The van der Waals surface area contributed by atoms with Crippen molar-refractivity contribution in [1.29, 1.82) is 0 Å². The fraction of sp³-hybridized carbons (Fsp3) is 0.357. The van der Waals surface area contributed by atoms with Crippen molar-refractivity contribution in [1.82, 2.24) is 9.47 Å². The Morgan fingerprint density at radius 3 is 2.21 bits per heavy atom. The first-order valence-electron chi connectivity index (χ1n) is 11.7. The quantitative estimate of drug-likeness (QED) is 0.505. The summed E-state index contributed by atoms with van der Waals surface area (Å²) in [6.45, 7) is 10.1. The zero-order chi connectivity index (χ0) is 23.7. The predicted molar refractivity (Wildman–Crippen MR) is 133 cm³/mol. The number of benzene rings is 2. The number of carbonyl (C=O) groups is 2. The summed E-state index contributed by atoms with van der Waals surface area (Å²) in [5, 5.41) is 0. The van der Waals surface area contributed by atoms with Crippen molar-refractivity contribution in [2.75, 3.05) is 11.4 Å². The van der Waals surface area contributed by atoms with Gasteiger partial charge in [-0.05, 0) is 56.5 Å². The molecule has 4 rings (SSSR count). The minimum atomic E-state index is -0.266. The van der Waals surface area contributed by atoms with E-state index in [0.717, 1.165) is 22.6 Å². The highest BCUT2D eigenvalue weighted by molar-refractivity contribution is 6.00. The molecule has 33 heavy (non-hydrogen) atoms. The molecule has 0 saturated heterocycles. The third kappa shape index (κ3) is 4.45. The monoisotopic (exact) mass is 443 g/mol. The Labute approximate surface area is 196 Å².